The second-order valence-electron chi connectivity index (χ2n) is 8.31. The molecule has 4 rings (SSSR count). The summed E-state index contributed by atoms with van der Waals surface area (Å²) < 4.78 is 30.4. The third-order valence-electron chi connectivity index (χ3n) is 5.55. The Morgan fingerprint density at radius 2 is 1.54 bits per heavy atom. The number of benzene rings is 3. The number of urea groups is 1. The third-order valence-corrected chi connectivity index (χ3v) is 7.24. The number of aliphatic hydroxyl groups is 1. The van der Waals surface area contributed by atoms with Crippen LogP contribution in [0.15, 0.2) is 96.0 Å². The van der Waals surface area contributed by atoms with Gasteiger partial charge in [-0.25, -0.2) is 13.2 Å². The highest BCUT2D eigenvalue weighted by molar-refractivity contribution is 7.91. The number of pyridine rings is 1. The Hall–Kier alpha value is -4.74. The van der Waals surface area contributed by atoms with Gasteiger partial charge in [0.1, 0.15) is 17.2 Å². The normalized spacial score (nSPS) is 10.9. The molecule has 200 valence electrons. The maximum absolute atomic E-state index is 12.6. The Labute approximate surface area is 225 Å². The van der Waals surface area contributed by atoms with Crippen LogP contribution in [0.3, 0.4) is 0 Å². The molecular formula is C28H26N4O6S. The highest BCUT2D eigenvalue weighted by atomic mass is 32.2. The first-order valence-electron chi connectivity index (χ1n) is 11.9. The molecule has 4 N–H and O–H groups in total. The highest BCUT2D eigenvalue weighted by Gasteiger charge is 2.15. The topological polar surface area (TPSA) is 147 Å². The van der Waals surface area contributed by atoms with Gasteiger partial charge in [-0.05, 0) is 65.7 Å². The fraction of sp³-hybridized carbons (Fsp3) is 0.107. The number of carbonyl (C=O) groups excluding carboxylic acids is 2. The highest BCUT2D eigenvalue weighted by Crippen LogP contribution is 2.26. The van der Waals surface area contributed by atoms with E-state index in [0.717, 1.165) is 0 Å². The monoisotopic (exact) mass is 546 g/mol. The van der Waals surface area contributed by atoms with E-state index in [-0.39, 0.29) is 22.2 Å². The number of aliphatic hydroxyl groups excluding tert-OH is 1. The number of hydrogen-bond donors (Lipinski definition) is 4. The van der Waals surface area contributed by atoms with Crippen molar-refractivity contribution >= 4 is 33.2 Å². The Bertz CT molecular complexity index is 1590. The van der Waals surface area contributed by atoms with Gasteiger partial charge < -0.3 is 25.8 Å². The quantitative estimate of drug-likeness (QED) is 0.245. The number of aromatic nitrogens is 1. The number of amides is 3. The zero-order valence-electron chi connectivity index (χ0n) is 20.9. The van der Waals surface area contributed by atoms with E-state index in [1.54, 1.807) is 72.8 Å². The zero-order valence-corrected chi connectivity index (χ0v) is 21.7. The van der Waals surface area contributed by atoms with Crippen LogP contribution in [0, 0.1) is 0 Å². The number of sulfone groups is 1. The molecule has 1 heterocycles. The minimum absolute atomic E-state index is 0.119. The van der Waals surface area contributed by atoms with E-state index in [2.05, 4.69) is 20.9 Å². The molecule has 0 radical (unpaired) electrons. The molecule has 0 fully saturated rings. The van der Waals surface area contributed by atoms with E-state index in [0.29, 0.717) is 34.0 Å². The lowest BCUT2D eigenvalue weighted by Crippen LogP contribution is -2.19. The first-order chi connectivity index (χ1) is 18.8. The summed E-state index contributed by atoms with van der Waals surface area (Å²) in [5.41, 5.74) is 2.64. The second-order valence-corrected chi connectivity index (χ2v) is 10.4. The Morgan fingerprint density at radius 3 is 2.26 bits per heavy atom. The zero-order chi connectivity index (χ0) is 27.8. The standard InChI is InChI=1S/C28H26N4O6S/c1-29-27(34)26-18-24(12-13-30-26)38-23-10-8-21(9-11-23)31-28(35)32-22-6-2-4-19(16-22)20-5-3-7-25(17-20)39(36,37)15-14-33/h2-13,16-18,33H,14-15H2,1H3,(H,29,34)(H2,31,32,35). The number of nitrogens with zero attached hydrogens (tertiary/aromatic N) is 1. The van der Waals surface area contributed by atoms with E-state index in [4.69, 9.17) is 9.84 Å². The lowest BCUT2D eigenvalue weighted by molar-refractivity contribution is 0.0957. The van der Waals surface area contributed by atoms with Gasteiger partial charge in [0, 0.05) is 30.7 Å². The lowest BCUT2D eigenvalue weighted by Gasteiger charge is -2.11. The minimum atomic E-state index is -3.59. The molecule has 0 saturated carbocycles. The summed E-state index contributed by atoms with van der Waals surface area (Å²) in [6.45, 7) is -0.457. The van der Waals surface area contributed by atoms with Gasteiger partial charge in [-0.3, -0.25) is 9.78 Å². The molecule has 0 aliphatic heterocycles. The van der Waals surface area contributed by atoms with Gasteiger partial charge in [0.05, 0.1) is 17.3 Å². The number of anilines is 2. The van der Waals surface area contributed by atoms with Crippen molar-refractivity contribution in [1.82, 2.24) is 10.3 Å². The molecule has 0 aliphatic carbocycles. The smallest absolute Gasteiger partial charge is 0.323 e. The molecule has 1 aromatic heterocycles. The van der Waals surface area contributed by atoms with Crippen LogP contribution in [0.1, 0.15) is 10.5 Å². The van der Waals surface area contributed by atoms with Gasteiger partial charge in [-0.1, -0.05) is 24.3 Å². The number of hydrogen-bond acceptors (Lipinski definition) is 7. The molecule has 0 atom stereocenters. The van der Waals surface area contributed by atoms with E-state index >= 15 is 0 Å². The van der Waals surface area contributed by atoms with Crippen molar-refractivity contribution in [1.29, 1.82) is 0 Å². The lowest BCUT2D eigenvalue weighted by atomic mass is 10.1. The third kappa shape index (κ3) is 7.18. The molecule has 39 heavy (non-hydrogen) atoms. The maximum atomic E-state index is 12.6. The summed E-state index contributed by atoms with van der Waals surface area (Å²) >= 11 is 0. The van der Waals surface area contributed by atoms with Gasteiger partial charge in [-0.2, -0.15) is 0 Å². The average molecular weight is 547 g/mol. The van der Waals surface area contributed by atoms with Gasteiger partial charge in [0.15, 0.2) is 9.84 Å². The van der Waals surface area contributed by atoms with E-state index in [9.17, 15) is 18.0 Å². The van der Waals surface area contributed by atoms with Crippen molar-refractivity contribution in [2.24, 2.45) is 0 Å². The summed E-state index contributed by atoms with van der Waals surface area (Å²) in [5.74, 6) is 0.272. The van der Waals surface area contributed by atoms with Gasteiger partial charge in [-0.15, -0.1) is 0 Å². The van der Waals surface area contributed by atoms with Crippen LogP contribution in [0.4, 0.5) is 16.2 Å². The van der Waals surface area contributed by atoms with Crippen molar-refractivity contribution in [2.45, 2.75) is 4.90 Å². The van der Waals surface area contributed by atoms with Crippen LogP contribution < -0.4 is 20.7 Å². The van der Waals surface area contributed by atoms with Crippen molar-refractivity contribution in [3.05, 3.63) is 96.8 Å². The predicted molar refractivity (Wildman–Crippen MR) is 148 cm³/mol. The summed E-state index contributed by atoms with van der Waals surface area (Å²) in [6, 6.07) is 22.8. The molecule has 3 amide bonds. The summed E-state index contributed by atoms with van der Waals surface area (Å²) in [6.07, 6.45) is 1.48. The number of rotatable bonds is 9. The van der Waals surface area contributed by atoms with Crippen LogP contribution in [0.2, 0.25) is 0 Å². The largest absolute Gasteiger partial charge is 0.457 e. The fourth-order valence-corrected chi connectivity index (χ4v) is 4.71. The maximum Gasteiger partial charge on any atom is 0.323 e. The number of nitrogens with one attached hydrogen (secondary N) is 3. The fourth-order valence-electron chi connectivity index (χ4n) is 3.65. The van der Waals surface area contributed by atoms with Crippen LogP contribution in [-0.2, 0) is 9.84 Å². The van der Waals surface area contributed by atoms with E-state index < -0.39 is 22.5 Å². The first-order valence-corrected chi connectivity index (χ1v) is 13.5. The average Bonchev–Trinajstić information content (AvgIpc) is 2.94. The predicted octanol–water partition coefficient (Wildman–Crippen LogP) is 4.31. The van der Waals surface area contributed by atoms with Gasteiger partial charge in [0.25, 0.3) is 5.91 Å². The van der Waals surface area contributed by atoms with Gasteiger partial charge >= 0.3 is 6.03 Å². The molecule has 3 aromatic carbocycles. The van der Waals surface area contributed by atoms with Crippen LogP contribution in [-0.4, -0.2) is 49.9 Å². The molecular weight excluding hydrogens is 520 g/mol. The Morgan fingerprint density at radius 1 is 0.846 bits per heavy atom. The van der Waals surface area contributed by atoms with Crippen LogP contribution in [0.25, 0.3) is 11.1 Å². The molecule has 11 heteroatoms. The van der Waals surface area contributed by atoms with Gasteiger partial charge in [0.2, 0.25) is 0 Å². The summed E-state index contributed by atoms with van der Waals surface area (Å²) in [7, 11) is -2.07. The Balaban J connectivity index is 1.39. The van der Waals surface area contributed by atoms with Crippen LogP contribution >= 0.6 is 0 Å². The molecule has 4 aromatic rings. The molecule has 10 nitrogen and oxygen atoms in total. The second kappa shape index (κ2) is 12.2. The SMILES string of the molecule is CNC(=O)c1cc(Oc2ccc(NC(=O)Nc3cccc(-c4cccc(S(=O)(=O)CCO)c4)c3)cc2)ccn1. The molecule has 0 aliphatic rings. The minimum Gasteiger partial charge on any atom is -0.457 e. The van der Waals surface area contributed by atoms with E-state index in [1.165, 1.54) is 25.4 Å². The first kappa shape index (κ1) is 27.3. The van der Waals surface area contributed by atoms with Crippen molar-refractivity contribution in [2.75, 3.05) is 30.0 Å². The summed E-state index contributed by atoms with van der Waals surface area (Å²) in [5, 5.41) is 17.1. The molecule has 0 saturated heterocycles. The Kier molecular flexibility index (Phi) is 8.54. The molecule has 0 spiro atoms. The number of ether oxygens (including phenoxy) is 1. The van der Waals surface area contributed by atoms with Crippen molar-refractivity contribution in [3.8, 4) is 22.6 Å². The van der Waals surface area contributed by atoms with E-state index in [1.807, 2.05) is 0 Å². The van der Waals surface area contributed by atoms with Crippen LogP contribution in [0.5, 0.6) is 11.5 Å². The van der Waals surface area contributed by atoms with Crippen molar-refractivity contribution < 1.29 is 27.9 Å². The summed E-state index contributed by atoms with van der Waals surface area (Å²) in [4.78, 5) is 28.5. The number of carbonyl (C=O) groups is 2. The molecule has 0 unspecified atom stereocenters. The molecule has 0 bridgehead atoms. The van der Waals surface area contributed by atoms with Crippen molar-refractivity contribution in [3.63, 3.8) is 0 Å².